The van der Waals surface area contributed by atoms with Crippen molar-refractivity contribution >= 4 is 18.2 Å². The Balaban J connectivity index is 1.81. The van der Waals surface area contributed by atoms with Crippen LogP contribution in [0, 0.1) is 0 Å². The number of aromatic nitrogens is 2. The molecule has 1 aliphatic heterocycles. The van der Waals surface area contributed by atoms with Gasteiger partial charge >= 0.3 is 0 Å². The number of fused-ring (bicyclic) bond motifs is 1. The Bertz CT molecular complexity index is 468. The highest BCUT2D eigenvalue weighted by molar-refractivity contribution is 5.51. The van der Waals surface area contributed by atoms with Crippen LogP contribution in [-0.4, -0.2) is 47.5 Å². The number of nitrogens with two attached hydrogens (primary N) is 1. The Hall–Kier alpha value is -1.85. The van der Waals surface area contributed by atoms with Crippen LogP contribution in [0.2, 0.25) is 0 Å². The van der Waals surface area contributed by atoms with Gasteiger partial charge in [0.2, 0.25) is 12.4 Å². The topological polar surface area (TPSA) is 75.3 Å². The summed E-state index contributed by atoms with van der Waals surface area (Å²) in [6, 6.07) is 0. The maximum atomic E-state index is 10.7. The molecule has 2 N–H and O–H groups in total. The van der Waals surface area contributed by atoms with Crippen molar-refractivity contribution in [2.45, 2.75) is 19.3 Å². The molecular formula is C12H17N5O. The van der Waals surface area contributed by atoms with Crippen LogP contribution in [0.4, 0.5) is 11.8 Å². The highest BCUT2D eigenvalue weighted by Gasteiger charge is 2.22. The first-order chi connectivity index (χ1) is 8.78. The predicted octanol–water partition coefficient (Wildman–Crippen LogP) is -0.174. The Kier molecular flexibility index (Phi) is 2.77. The van der Waals surface area contributed by atoms with Gasteiger partial charge in [-0.05, 0) is 19.3 Å². The Morgan fingerprint density at radius 2 is 1.89 bits per heavy atom. The summed E-state index contributed by atoms with van der Waals surface area (Å²) < 4.78 is 0. The van der Waals surface area contributed by atoms with Crippen LogP contribution in [-0.2, 0) is 17.6 Å². The first-order valence-corrected chi connectivity index (χ1v) is 6.37. The first-order valence-electron chi connectivity index (χ1n) is 6.37. The first kappa shape index (κ1) is 11.3. The molecule has 1 aromatic heterocycles. The molecule has 2 heterocycles. The van der Waals surface area contributed by atoms with E-state index in [1.807, 2.05) is 0 Å². The van der Waals surface area contributed by atoms with Crippen LogP contribution in [0.1, 0.15) is 17.7 Å². The van der Waals surface area contributed by atoms with Gasteiger partial charge in [-0.15, -0.1) is 0 Å². The second-order valence-electron chi connectivity index (χ2n) is 4.82. The zero-order chi connectivity index (χ0) is 12.5. The largest absolute Gasteiger partial charge is 0.383 e. The molecule has 6 nitrogen and oxygen atoms in total. The minimum Gasteiger partial charge on any atom is -0.383 e. The van der Waals surface area contributed by atoms with E-state index in [0.717, 1.165) is 69.1 Å². The lowest BCUT2D eigenvalue weighted by molar-refractivity contribution is -0.118. The highest BCUT2D eigenvalue weighted by atomic mass is 16.1. The predicted molar refractivity (Wildman–Crippen MR) is 68.3 cm³/mol. The van der Waals surface area contributed by atoms with Gasteiger partial charge < -0.3 is 15.5 Å². The number of amides is 1. The molecule has 6 heteroatoms. The van der Waals surface area contributed by atoms with E-state index in [-0.39, 0.29) is 0 Å². The molecule has 2 aliphatic rings. The van der Waals surface area contributed by atoms with Crippen LogP contribution >= 0.6 is 0 Å². The number of anilines is 2. The second kappa shape index (κ2) is 4.44. The molecule has 1 aromatic rings. The summed E-state index contributed by atoms with van der Waals surface area (Å²) in [5.41, 5.74) is 8.23. The molecule has 0 radical (unpaired) electrons. The second-order valence-corrected chi connectivity index (χ2v) is 4.82. The fourth-order valence-electron chi connectivity index (χ4n) is 2.62. The van der Waals surface area contributed by atoms with Crippen molar-refractivity contribution in [2.24, 2.45) is 0 Å². The molecule has 0 spiro atoms. The summed E-state index contributed by atoms with van der Waals surface area (Å²) in [6.07, 6.45) is 4.02. The molecule has 1 aliphatic carbocycles. The fraction of sp³-hybridized carbons (Fsp3) is 0.583. The van der Waals surface area contributed by atoms with Crippen LogP contribution in [0.5, 0.6) is 0 Å². The Labute approximate surface area is 106 Å². The third-order valence-electron chi connectivity index (χ3n) is 3.70. The lowest BCUT2D eigenvalue weighted by Gasteiger charge is -2.32. The molecule has 1 fully saturated rings. The quantitative estimate of drug-likeness (QED) is 0.734. The van der Waals surface area contributed by atoms with E-state index in [1.165, 1.54) is 0 Å². The minimum atomic E-state index is 0.630. The van der Waals surface area contributed by atoms with Crippen molar-refractivity contribution in [1.82, 2.24) is 14.9 Å². The molecule has 0 aromatic carbocycles. The molecule has 1 amide bonds. The molecule has 96 valence electrons. The van der Waals surface area contributed by atoms with Gasteiger partial charge in [0, 0.05) is 31.7 Å². The fourth-order valence-corrected chi connectivity index (χ4v) is 2.62. The maximum Gasteiger partial charge on any atom is 0.227 e. The summed E-state index contributed by atoms with van der Waals surface area (Å²) in [5.74, 6) is 1.35. The number of nitrogen functional groups attached to an aromatic ring is 1. The third kappa shape index (κ3) is 1.87. The summed E-state index contributed by atoms with van der Waals surface area (Å²) in [7, 11) is 0. The molecule has 1 saturated heterocycles. The smallest absolute Gasteiger partial charge is 0.227 e. The normalized spacial score (nSPS) is 18.9. The summed E-state index contributed by atoms with van der Waals surface area (Å²) in [4.78, 5) is 23.6. The van der Waals surface area contributed by atoms with Crippen LogP contribution < -0.4 is 10.6 Å². The van der Waals surface area contributed by atoms with Gasteiger partial charge in [0.1, 0.15) is 5.82 Å². The van der Waals surface area contributed by atoms with Crippen LogP contribution in [0.25, 0.3) is 0 Å². The molecule has 18 heavy (non-hydrogen) atoms. The number of piperazine rings is 1. The van der Waals surface area contributed by atoms with E-state index in [9.17, 15) is 4.79 Å². The zero-order valence-corrected chi connectivity index (χ0v) is 10.3. The van der Waals surface area contributed by atoms with E-state index in [4.69, 9.17) is 5.73 Å². The number of aryl methyl sites for hydroxylation is 1. The summed E-state index contributed by atoms with van der Waals surface area (Å²) >= 11 is 0. The minimum absolute atomic E-state index is 0.630. The molecular weight excluding hydrogens is 230 g/mol. The average Bonchev–Trinajstić information content (AvgIpc) is 2.88. The standard InChI is InChI=1S/C12H17N5O/c13-11-9-2-1-3-10(9)14-12(15-11)17-6-4-16(8-18)5-7-17/h8H,1-7H2,(H2,13,14,15). The van der Waals surface area contributed by atoms with Crippen molar-refractivity contribution in [2.75, 3.05) is 36.8 Å². The Morgan fingerprint density at radius 3 is 2.61 bits per heavy atom. The number of carbonyl (C=O) groups excluding carboxylic acids is 1. The van der Waals surface area contributed by atoms with E-state index >= 15 is 0 Å². The summed E-state index contributed by atoms with van der Waals surface area (Å²) in [5, 5.41) is 0. The SMILES string of the molecule is Nc1nc(N2CCN(C=O)CC2)nc2c1CCC2. The van der Waals surface area contributed by atoms with Gasteiger partial charge in [0.25, 0.3) is 0 Å². The number of hydrogen-bond acceptors (Lipinski definition) is 5. The number of nitrogens with zero attached hydrogens (tertiary/aromatic N) is 4. The number of hydrogen-bond donors (Lipinski definition) is 1. The molecule has 0 saturated carbocycles. The van der Waals surface area contributed by atoms with Gasteiger partial charge in [0.05, 0.1) is 5.69 Å². The van der Waals surface area contributed by atoms with E-state index in [1.54, 1.807) is 4.90 Å². The van der Waals surface area contributed by atoms with Gasteiger partial charge in [-0.25, -0.2) is 4.98 Å². The van der Waals surface area contributed by atoms with Crippen molar-refractivity contribution in [3.63, 3.8) is 0 Å². The van der Waals surface area contributed by atoms with Gasteiger partial charge in [-0.1, -0.05) is 0 Å². The third-order valence-corrected chi connectivity index (χ3v) is 3.70. The lowest BCUT2D eigenvalue weighted by Crippen LogP contribution is -2.46. The van der Waals surface area contributed by atoms with Crippen molar-refractivity contribution in [3.05, 3.63) is 11.3 Å². The van der Waals surface area contributed by atoms with Gasteiger partial charge in [0.15, 0.2) is 0 Å². The zero-order valence-electron chi connectivity index (χ0n) is 10.3. The van der Waals surface area contributed by atoms with Crippen LogP contribution in [0.15, 0.2) is 0 Å². The highest BCUT2D eigenvalue weighted by Crippen LogP contribution is 2.26. The molecule has 0 atom stereocenters. The number of rotatable bonds is 2. The molecule has 3 rings (SSSR count). The van der Waals surface area contributed by atoms with Crippen molar-refractivity contribution < 1.29 is 4.79 Å². The monoisotopic (exact) mass is 247 g/mol. The summed E-state index contributed by atoms with van der Waals surface area (Å²) in [6.45, 7) is 3.00. The van der Waals surface area contributed by atoms with Gasteiger partial charge in [-0.3, -0.25) is 4.79 Å². The molecule has 0 bridgehead atoms. The van der Waals surface area contributed by atoms with E-state index in [0.29, 0.717) is 5.82 Å². The Morgan fingerprint density at radius 1 is 1.11 bits per heavy atom. The van der Waals surface area contributed by atoms with Gasteiger partial charge in [-0.2, -0.15) is 4.98 Å². The average molecular weight is 247 g/mol. The van der Waals surface area contributed by atoms with Crippen LogP contribution in [0.3, 0.4) is 0 Å². The van der Waals surface area contributed by atoms with E-state index in [2.05, 4.69) is 14.9 Å². The number of carbonyl (C=O) groups is 1. The van der Waals surface area contributed by atoms with Crippen molar-refractivity contribution in [3.8, 4) is 0 Å². The van der Waals surface area contributed by atoms with E-state index < -0.39 is 0 Å². The van der Waals surface area contributed by atoms with Crippen molar-refractivity contribution in [1.29, 1.82) is 0 Å². The molecule has 0 unspecified atom stereocenters. The maximum absolute atomic E-state index is 10.7. The lowest BCUT2D eigenvalue weighted by atomic mass is 10.2.